The smallest absolute Gasteiger partial charge is 0.323 e. The maximum atomic E-state index is 11.3. The molecule has 0 aliphatic rings. The van der Waals surface area contributed by atoms with Crippen LogP contribution in [0.4, 0.5) is 0 Å². The summed E-state index contributed by atoms with van der Waals surface area (Å²) in [5.41, 5.74) is 6.85. The third-order valence-corrected chi connectivity index (χ3v) is 3.42. The van der Waals surface area contributed by atoms with Crippen molar-refractivity contribution >= 4 is 17.7 Å². The number of nitrogens with two attached hydrogens (primary N) is 1. The average Bonchev–Trinajstić information content (AvgIpc) is 2.39. The Bertz CT molecular complexity index is 384. The zero-order valence-electron chi connectivity index (χ0n) is 10.7. The van der Waals surface area contributed by atoms with E-state index in [0.717, 1.165) is 17.1 Å². The molecule has 0 bridgehead atoms. The summed E-state index contributed by atoms with van der Waals surface area (Å²) in [5, 5.41) is 0. The van der Waals surface area contributed by atoms with Gasteiger partial charge in [-0.2, -0.15) is 11.8 Å². The van der Waals surface area contributed by atoms with E-state index in [1.54, 1.807) is 25.8 Å². The van der Waals surface area contributed by atoms with Crippen molar-refractivity contribution in [3.05, 3.63) is 29.8 Å². The Labute approximate surface area is 112 Å². The van der Waals surface area contributed by atoms with Gasteiger partial charge in [0.1, 0.15) is 11.8 Å². The van der Waals surface area contributed by atoms with Crippen molar-refractivity contribution in [2.24, 2.45) is 5.73 Å². The summed E-state index contributed by atoms with van der Waals surface area (Å²) in [6.45, 7) is 2.14. The van der Waals surface area contributed by atoms with Gasteiger partial charge in [0.2, 0.25) is 0 Å². The molecular formula is C13H19NO3S. The number of benzene rings is 1. The van der Waals surface area contributed by atoms with E-state index in [1.807, 2.05) is 24.3 Å². The van der Waals surface area contributed by atoms with E-state index in [-0.39, 0.29) is 5.97 Å². The van der Waals surface area contributed by atoms with Crippen LogP contribution in [0, 0.1) is 0 Å². The summed E-state index contributed by atoms with van der Waals surface area (Å²) in [5.74, 6) is 1.85. The Morgan fingerprint density at radius 1 is 1.50 bits per heavy atom. The maximum absolute atomic E-state index is 11.3. The van der Waals surface area contributed by atoms with Gasteiger partial charge in [-0.1, -0.05) is 12.1 Å². The van der Waals surface area contributed by atoms with Gasteiger partial charge in [-0.05, 0) is 24.6 Å². The van der Waals surface area contributed by atoms with Crippen LogP contribution < -0.4 is 10.5 Å². The number of thioether (sulfide) groups is 1. The highest BCUT2D eigenvalue weighted by molar-refractivity contribution is 7.98. The number of hydrogen-bond acceptors (Lipinski definition) is 5. The number of ether oxygens (including phenoxy) is 2. The fourth-order valence-corrected chi connectivity index (χ4v) is 2.31. The van der Waals surface area contributed by atoms with E-state index < -0.39 is 6.04 Å². The van der Waals surface area contributed by atoms with Gasteiger partial charge in [-0.25, -0.2) is 0 Å². The lowest BCUT2D eigenvalue weighted by atomic mass is 10.2. The molecule has 1 rings (SSSR count). The monoisotopic (exact) mass is 269 g/mol. The molecular weight excluding hydrogens is 250 g/mol. The number of hydrogen-bond donors (Lipinski definition) is 1. The molecule has 1 aromatic rings. The van der Waals surface area contributed by atoms with Crippen LogP contribution in [0.25, 0.3) is 0 Å². The van der Waals surface area contributed by atoms with Crippen molar-refractivity contribution in [1.82, 2.24) is 0 Å². The molecule has 1 aromatic carbocycles. The van der Waals surface area contributed by atoms with Crippen molar-refractivity contribution in [2.75, 3.05) is 19.5 Å². The number of carbonyl (C=O) groups excluding carboxylic acids is 1. The van der Waals surface area contributed by atoms with E-state index in [1.165, 1.54) is 0 Å². The molecule has 1 unspecified atom stereocenters. The second kappa shape index (κ2) is 8.00. The Balaban J connectivity index is 2.34. The summed E-state index contributed by atoms with van der Waals surface area (Å²) < 4.78 is 9.99. The summed E-state index contributed by atoms with van der Waals surface area (Å²) >= 11 is 1.61. The summed E-state index contributed by atoms with van der Waals surface area (Å²) in [6, 6.07) is 7.29. The fourth-order valence-electron chi connectivity index (χ4n) is 1.38. The molecule has 1 atom stereocenters. The Hall–Kier alpha value is -1.20. The minimum atomic E-state index is -0.555. The van der Waals surface area contributed by atoms with Crippen LogP contribution in [0.5, 0.6) is 5.75 Å². The lowest BCUT2D eigenvalue weighted by molar-refractivity contribution is -0.144. The predicted octanol–water partition coefficient (Wildman–Crippen LogP) is 1.82. The third-order valence-electron chi connectivity index (χ3n) is 2.29. The highest BCUT2D eigenvalue weighted by atomic mass is 32.2. The normalized spacial score (nSPS) is 11.9. The quantitative estimate of drug-likeness (QED) is 0.765. The SMILES string of the molecule is CCOC(=O)C(N)CSCc1cccc(OC)c1. The minimum Gasteiger partial charge on any atom is -0.497 e. The van der Waals surface area contributed by atoms with Crippen LogP contribution in [0.2, 0.25) is 0 Å². The second-order valence-electron chi connectivity index (χ2n) is 3.73. The number of methoxy groups -OCH3 is 1. The Kier molecular flexibility index (Phi) is 6.60. The van der Waals surface area contributed by atoms with Gasteiger partial charge in [0.25, 0.3) is 0 Å². The molecule has 0 fully saturated rings. The molecule has 0 aliphatic heterocycles. The molecule has 2 N–H and O–H groups in total. The summed E-state index contributed by atoms with van der Waals surface area (Å²) in [4.78, 5) is 11.3. The number of esters is 1. The van der Waals surface area contributed by atoms with Crippen LogP contribution in [-0.2, 0) is 15.3 Å². The first kappa shape index (κ1) is 14.9. The first-order chi connectivity index (χ1) is 8.67. The van der Waals surface area contributed by atoms with Crippen molar-refractivity contribution in [1.29, 1.82) is 0 Å². The molecule has 0 spiro atoms. The molecule has 0 radical (unpaired) electrons. The van der Waals surface area contributed by atoms with E-state index in [2.05, 4.69) is 0 Å². The molecule has 18 heavy (non-hydrogen) atoms. The number of carbonyl (C=O) groups is 1. The molecule has 0 saturated heterocycles. The van der Waals surface area contributed by atoms with Gasteiger partial charge in [0.05, 0.1) is 13.7 Å². The molecule has 0 heterocycles. The topological polar surface area (TPSA) is 61.5 Å². The zero-order chi connectivity index (χ0) is 13.4. The van der Waals surface area contributed by atoms with Crippen LogP contribution >= 0.6 is 11.8 Å². The molecule has 0 saturated carbocycles. The molecule has 0 aromatic heterocycles. The van der Waals surface area contributed by atoms with Crippen molar-refractivity contribution < 1.29 is 14.3 Å². The number of rotatable bonds is 7. The van der Waals surface area contributed by atoms with Gasteiger partial charge in [-0.3, -0.25) is 4.79 Å². The highest BCUT2D eigenvalue weighted by Gasteiger charge is 2.14. The lowest BCUT2D eigenvalue weighted by Gasteiger charge is -2.10. The zero-order valence-corrected chi connectivity index (χ0v) is 11.5. The first-order valence-corrected chi connectivity index (χ1v) is 6.95. The van der Waals surface area contributed by atoms with Gasteiger partial charge >= 0.3 is 5.97 Å². The van der Waals surface area contributed by atoms with Gasteiger partial charge < -0.3 is 15.2 Å². The van der Waals surface area contributed by atoms with Crippen LogP contribution in [-0.4, -0.2) is 31.5 Å². The maximum Gasteiger partial charge on any atom is 0.323 e. The van der Waals surface area contributed by atoms with Crippen molar-refractivity contribution in [2.45, 2.75) is 18.7 Å². The molecule has 5 heteroatoms. The van der Waals surface area contributed by atoms with Gasteiger partial charge in [0, 0.05) is 11.5 Å². The van der Waals surface area contributed by atoms with Crippen LogP contribution in [0.1, 0.15) is 12.5 Å². The van der Waals surface area contributed by atoms with Gasteiger partial charge in [-0.15, -0.1) is 0 Å². The minimum absolute atomic E-state index is 0.337. The van der Waals surface area contributed by atoms with E-state index >= 15 is 0 Å². The standard InChI is InChI=1S/C13H19NO3S/c1-3-17-13(15)12(14)9-18-8-10-5-4-6-11(7-10)16-2/h4-7,12H,3,8-9,14H2,1-2H3. The molecule has 0 aliphatic carbocycles. The van der Waals surface area contributed by atoms with Crippen molar-refractivity contribution in [3.8, 4) is 5.75 Å². The summed E-state index contributed by atoms with van der Waals surface area (Å²) in [6.07, 6.45) is 0. The van der Waals surface area contributed by atoms with E-state index in [4.69, 9.17) is 15.2 Å². The fraction of sp³-hybridized carbons (Fsp3) is 0.462. The second-order valence-corrected chi connectivity index (χ2v) is 4.76. The van der Waals surface area contributed by atoms with E-state index in [0.29, 0.717) is 12.4 Å². The third kappa shape index (κ3) is 4.98. The molecule has 0 amide bonds. The molecule has 4 nitrogen and oxygen atoms in total. The van der Waals surface area contributed by atoms with E-state index in [9.17, 15) is 4.79 Å². The lowest BCUT2D eigenvalue weighted by Crippen LogP contribution is -2.34. The largest absolute Gasteiger partial charge is 0.497 e. The predicted molar refractivity (Wildman–Crippen MR) is 73.8 cm³/mol. The first-order valence-electron chi connectivity index (χ1n) is 5.80. The average molecular weight is 269 g/mol. The van der Waals surface area contributed by atoms with Gasteiger partial charge in [0.15, 0.2) is 0 Å². The van der Waals surface area contributed by atoms with Crippen molar-refractivity contribution in [3.63, 3.8) is 0 Å². The molecule has 100 valence electrons. The summed E-state index contributed by atoms with van der Waals surface area (Å²) in [7, 11) is 1.64. The van der Waals surface area contributed by atoms with Crippen LogP contribution in [0.15, 0.2) is 24.3 Å². The van der Waals surface area contributed by atoms with Crippen LogP contribution in [0.3, 0.4) is 0 Å². The highest BCUT2D eigenvalue weighted by Crippen LogP contribution is 2.18. The Morgan fingerprint density at radius 3 is 2.94 bits per heavy atom. The Morgan fingerprint density at radius 2 is 2.28 bits per heavy atom.